The van der Waals surface area contributed by atoms with Crippen molar-refractivity contribution < 1.29 is 19.8 Å². The van der Waals surface area contributed by atoms with Gasteiger partial charge in [0.25, 0.3) is 0 Å². The van der Waals surface area contributed by atoms with E-state index in [1.54, 1.807) is 19.0 Å². The lowest BCUT2D eigenvalue weighted by Gasteiger charge is -2.31. The van der Waals surface area contributed by atoms with Crippen LogP contribution in [0.4, 0.5) is 0 Å². The van der Waals surface area contributed by atoms with Crippen molar-refractivity contribution in [2.24, 2.45) is 10.9 Å². The number of hydrogen-bond acceptors (Lipinski definition) is 6. The smallest absolute Gasteiger partial charge is 0.329 e. The first-order valence-corrected chi connectivity index (χ1v) is 7.74. The molecule has 0 fully saturated rings. The molecule has 1 aliphatic rings. The average Bonchev–Trinajstić information content (AvgIpc) is 2.86. The standard InChI is InChI=1S/C13H23N3O4S/c1-7(5-9-15-8(6-21-9)13(19)20)11(17)10(16(3)4)12(18)14-2/h7-8,10-11,17H,5-6H2,1-4H3,(H,14,18)(H,19,20)/t7-,8?,10-,11-/m1/s1. The van der Waals surface area contributed by atoms with Crippen LogP contribution in [0.2, 0.25) is 0 Å². The quantitative estimate of drug-likeness (QED) is 0.593. The predicted octanol–water partition coefficient (Wildman–Crippen LogP) is -0.352. The van der Waals surface area contributed by atoms with Gasteiger partial charge >= 0.3 is 5.97 Å². The average molecular weight is 317 g/mol. The second kappa shape index (κ2) is 7.77. The topological polar surface area (TPSA) is 102 Å². The molecule has 1 heterocycles. The van der Waals surface area contributed by atoms with Crippen LogP contribution in [0.25, 0.3) is 0 Å². The molecule has 0 aliphatic carbocycles. The van der Waals surface area contributed by atoms with Gasteiger partial charge < -0.3 is 15.5 Å². The minimum absolute atomic E-state index is 0.200. The molecule has 21 heavy (non-hydrogen) atoms. The van der Waals surface area contributed by atoms with Gasteiger partial charge in [0.1, 0.15) is 6.04 Å². The third kappa shape index (κ3) is 4.69. The van der Waals surface area contributed by atoms with Gasteiger partial charge in [-0.3, -0.25) is 14.7 Å². The van der Waals surface area contributed by atoms with E-state index in [1.807, 2.05) is 6.92 Å². The number of aliphatic carboxylic acids is 1. The summed E-state index contributed by atoms with van der Waals surface area (Å²) < 4.78 is 0. The number of aliphatic hydroxyl groups excluding tert-OH is 1. The first-order chi connectivity index (χ1) is 9.77. The summed E-state index contributed by atoms with van der Waals surface area (Å²) in [5.41, 5.74) is 0. The number of likely N-dealkylation sites (N-methyl/N-ethyl adjacent to an activating group) is 2. The van der Waals surface area contributed by atoms with Crippen molar-refractivity contribution in [1.29, 1.82) is 0 Å². The molecule has 8 heteroatoms. The van der Waals surface area contributed by atoms with Crippen molar-refractivity contribution in [3.05, 3.63) is 0 Å². The maximum absolute atomic E-state index is 11.9. The Morgan fingerprint density at radius 2 is 2.14 bits per heavy atom. The summed E-state index contributed by atoms with van der Waals surface area (Å²) in [6, 6.07) is -1.34. The van der Waals surface area contributed by atoms with E-state index in [-0.39, 0.29) is 11.8 Å². The van der Waals surface area contributed by atoms with E-state index in [9.17, 15) is 14.7 Å². The Morgan fingerprint density at radius 3 is 2.57 bits per heavy atom. The van der Waals surface area contributed by atoms with E-state index >= 15 is 0 Å². The maximum Gasteiger partial charge on any atom is 0.329 e. The Bertz CT molecular complexity index is 428. The van der Waals surface area contributed by atoms with E-state index in [0.717, 1.165) is 5.04 Å². The molecule has 120 valence electrons. The van der Waals surface area contributed by atoms with Crippen molar-refractivity contribution >= 4 is 28.7 Å². The van der Waals surface area contributed by atoms with Crippen LogP contribution in [0.3, 0.4) is 0 Å². The SMILES string of the molecule is CNC(=O)[C@@H]([C@H](O)[C@H](C)CC1=NC(C(=O)O)CS1)N(C)C. The number of aliphatic hydroxyl groups is 1. The predicted molar refractivity (Wildman–Crippen MR) is 82.6 cm³/mol. The highest BCUT2D eigenvalue weighted by molar-refractivity contribution is 8.14. The molecule has 0 aromatic rings. The normalized spacial score (nSPS) is 22.6. The summed E-state index contributed by atoms with van der Waals surface area (Å²) in [5, 5.41) is 22.6. The summed E-state index contributed by atoms with van der Waals surface area (Å²) in [5.74, 6) is -0.945. The van der Waals surface area contributed by atoms with Gasteiger partial charge in [0.2, 0.25) is 5.91 Å². The molecule has 0 aromatic heterocycles. The number of thioether (sulfide) groups is 1. The molecule has 0 spiro atoms. The van der Waals surface area contributed by atoms with Crippen molar-refractivity contribution in [3.8, 4) is 0 Å². The fourth-order valence-corrected chi connectivity index (χ4v) is 3.36. The molecule has 3 N–H and O–H groups in total. The van der Waals surface area contributed by atoms with E-state index in [2.05, 4.69) is 10.3 Å². The molecule has 0 saturated carbocycles. The van der Waals surface area contributed by atoms with Gasteiger partial charge in [0.05, 0.1) is 11.1 Å². The van der Waals surface area contributed by atoms with E-state index in [1.165, 1.54) is 18.8 Å². The number of nitrogens with zero attached hydrogens (tertiary/aromatic N) is 2. The molecule has 0 saturated heterocycles. The van der Waals surface area contributed by atoms with Crippen LogP contribution in [0.15, 0.2) is 4.99 Å². The Labute approximate surface area is 128 Å². The zero-order chi connectivity index (χ0) is 16.2. The molecule has 1 amide bonds. The fraction of sp³-hybridized carbons (Fsp3) is 0.769. The fourth-order valence-electron chi connectivity index (χ4n) is 2.21. The summed E-state index contributed by atoms with van der Waals surface area (Å²) in [7, 11) is 5.00. The summed E-state index contributed by atoms with van der Waals surface area (Å²) >= 11 is 1.40. The van der Waals surface area contributed by atoms with Crippen LogP contribution in [-0.2, 0) is 9.59 Å². The van der Waals surface area contributed by atoms with Crippen LogP contribution in [0, 0.1) is 5.92 Å². The monoisotopic (exact) mass is 317 g/mol. The number of rotatable bonds is 7. The largest absolute Gasteiger partial charge is 0.480 e. The van der Waals surface area contributed by atoms with E-state index in [0.29, 0.717) is 12.2 Å². The third-order valence-electron chi connectivity index (χ3n) is 3.47. The second-order valence-corrected chi connectivity index (χ2v) is 6.48. The van der Waals surface area contributed by atoms with Crippen LogP contribution >= 0.6 is 11.8 Å². The lowest BCUT2D eigenvalue weighted by atomic mass is 9.94. The zero-order valence-electron chi connectivity index (χ0n) is 12.7. The van der Waals surface area contributed by atoms with Crippen molar-refractivity contribution in [3.63, 3.8) is 0 Å². The molecule has 4 atom stereocenters. The zero-order valence-corrected chi connectivity index (χ0v) is 13.6. The molecule has 0 bridgehead atoms. The highest BCUT2D eigenvalue weighted by Gasteiger charge is 2.34. The first-order valence-electron chi connectivity index (χ1n) is 6.76. The first kappa shape index (κ1) is 17.9. The highest BCUT2D eigenvalue weighted by Crippen LogP contribution is 2.25. The molecule has 0 radical (unpaired) electrons. The Kier molecular flexibility index (Phi) is 6.63. The number of carboxylic acid groups (broad SMARTS) is 1. The van der Waals surface area contributed by atoms with Crippen LogP contribution in [-0.4, -0.2) is 77.1 Å². The number of carboxylic acids is 1. The number of carbonyl (C=O) groups is 2. The van der Waals surface area contributed by atoms with Crippen LogP contribution < -0.4 is 5.32 Å². The number of carbonyl (C=O) groups excluding carboxylic acids is 1. The van der Waals surface area contributed by atoms with Gasteiger partial charge in [-0.1, -0.05) is 6.92 Å². The molecule has 7 nitrogen and oxygen atoms in total. The number of amides is 1. The van der Waals surface area contributed by atoms with Gasteiger partial charge in [-0.05, 0) is 20.0 Å². The molecule has 1 rings (SSSR count). The number of hydrogen-bond donors (Lipinski definition) is 3. The second-order valence-electron chi connectivity index (χ2n) is 5.38. The van der Waals surface area contributed by atoms with Gasteiger partial charge in [0, 0.05) is 19.2 Å². The molecular weight excluding hydrogens is 294 g/mol. The Morgan fingerprint density at radius 1 is 1.52 bits per heavy atom. The Balaban J connectivity index is 2.69. The lowest BCUT2D eigenvalue weighted by Crippen LogP contribution is -2.52. The number of aliphatic imine (C=N–C) groups is 1. The molecule has 1 aliphatic heterocycles. The summed E-state index contributed by atoms with van der Waals surface area (Å²) in [4.78, 5) is 28.5. The van der Waals surface area contributed by atoms with Crippen molar-refractivity contribution in [2.45, 2.75) is 31.5 Å². The van der Waals surface area contributed by atoms with Gasteiger partial charge in [-0.15, -0.1) is 11.8 Å². The third-order valence-corrected chi connectivity index (χ3v) is 4.55. The van der Waals surface area contributed by atoms with Crippen molar-refractivity contribution in [1.82, 2.24) is 10.2 Å². The van der Waals surface area contributed by atoms with Crippen molar-refractivity contribution in [2.75, 3.05) is 26.9 Å². The molecule has 1 unspecified atom stereocenters. The van der Waals surface area contributed by atoms with Gasteiger partial charge in [-0.25, -0.2) is 4.79 Å². The number of nitrogens with one attached hydrogen (secondary N) is 1. The van der Waals surface area contributed by atoms with E-state index in [4.69, 9.17) is 5.11 Å². The van der Waals surface area contributed by atoms with Gasteiger partial charge in [-0.2, -0.15) is 0 Å². The van der Waals surface area contributed by atoms with Crippen LogP contribution in [0.5, 0.6) is 0 Å². The minimum atomic E-state index is -0.928. The summed E-state index contributed by atoms with van der Waals surface area (Å²) in [6.07, 6.45) is -0.385. The maximum atomic E-state index is 11.9. The van der Waals surface area contributed by atoms with Gasteiger partial charge in [0.15, 0.2) is 6.04 Å². The van der Waals surface area contributed by atoms with E-state index < -0.39 is 24.2 Å². The summed E-state index contributed by atoms with van der Waals surface area (Å²) in [6.45, 7) is 1.83. The minimum Gasteiger partial charge on any atom is -0.480 e. The molecular formula is C13H23N3O4S. The Hall–Kier alpha value is -1.12. The molecule has 0 aromatic carbocycles. The van der Waals surface area contributed by atoms with Crippen LogP contribution in [0.1, 0.15) is 13.3 Å². The lowest BCUT2D eigenvalue weighted by molar-refractivity contribution is -0.137. The highest BCUT2D eigenvalue weighted by atomic mass is 32.2.